The Morgan fingerprint density at radius 2 is 1.81 bits per heavy atom. The van der Waals surface area contributed by atoms with Crippen LogP contribution in [0.1, 0.15) is 12.5 Å². The van der Waals surface area contributed by atoms with Crippen molar-refractivity contribution in [3.8, 4) is 11.1 Å². The molecule has 0 fully saturated rings. The van der Waals surface area contributed by atoms with Crippen LogP contribution in [0, 0.1) is 5.82 Å². The molecule has 0 bridgehead atoms. The van der Waals surface area contributed by atoms with E-state index in [-0.39, 0.29) is 5.82 Å². The summed E-state index contributed by atoms with van der Waals surface area (Å²) in [5.41, 5.74) is 2.65. The Balaban J connectivity index is 2.28. The Hall–Kier alpha value is -1.46. The summed E-state index contributed by atoms with van der Waals surface area (Å²) >= 11 is 0.517. The largest absolute Gasteiger partial charge is 0.313 e. The first-order chi connectivity index (χ1) is 10.1. The maximum absolute atomic E-state index is 13.4. The third-order valence-corrected chi connectivity index (χ3v) is 3.75. The fourth-order valence-corrected chi connectivity index (χ4v) is 2.56. The van der Waals surface area contributed by atoms with Gasteiger partial charge in [-0.25, -0.2) is 4.39 Å². The van der Waals surface area contributed by atoms with Gasteiger partial charge in [0.15, 0.2) is 0 Å². The summed E-state index contributed by atoms with van der Waals surface area (Å²) in [6.07, 6.45) is 0. The van der Waals surface area contributed by atoms with E-state index in [9.17, 15) is 13.2 Å². The molecule has 2 aromatic rings. The van der Waals surface area contributed by atoms with Crippen LogP contribution >= 0.6 is 11.8 Å². The number of benzene rings is 2. The molecule has 0 unspecified atom stereocenters. The molecule has 5 heteroatoms. The standard InChI is InChI=1S/C16H16F3NS/c1-2-20-10-12-9-13(17)5-8-15(12)11-3-6-14(7-4-11)21-16(18)19/h3-9,16,20H,2,10H2,1H3. The highest BCUT2D eigenvalue weighted by molar-refractivity contribution is 7.99. The third kappa shape index (κ3) is 4.51. The summed E-state index contributed by atoms with van der Waals surface area (Å²) in [6, 6.07) is 11.5. The average molecular weight is 311 g/mol. The van der Waals surface area contributed by atoms with Crippen LogP contribution in [-0.4, -0.2) is 12.3 Å². The molecule has 1 N–H and O–H groups in total. The maximum Gasteiger partial charge on any atom is 0.288 e. The number of rotatable bonds is 6. The zero-order valence-electron chi connectivity index (χ0n) is 11.6. The van der Waals surface area contributed by atoms with Gasteiger partial charge in [-0.2, -0.15) is 8.78 Å². The SMILES string of the molecule is CCNCc1cc(F)ccc1-c1ccc(SC(F)F)cc1. The Morgan fingerprint density at radius 3 is 2.43 bits per heavy atom. The van der Waals surface area contributed by atoms with E-state index in [0.29, 0.717) is 23.2 Å². The number of halogens is 3. The Morgan fingerprint density at radius 1 is 1.10 bits per heavy atom. The fourth-order valence-electron chi connectivity index (χ4n) is 2.07. The molecule has 0 saturated carbocycles. The van der Waals surface area contributed by atoms with Crippen LogP contribution in [0.4, 0.5) is 13.2 Å². The number of thioether (sulfide) groups is 1. The zero-order chi connectivity index (χ0) is 15.2. The predicted molar refractivity (Wildman–Crippen MR) is 81.1 cm³/mol. The van der Waals surface area contributed by atoms with Gasteiger partial charge in [0.05, 0.1) is 0 Å². The molecule has 0 amide bonds. The van der Waals surface area contributed by atoms with Gasteiger partial charge in [-0.1, -0.05) is 36.9 Å². The van der Waals surface area contributed by atoms with E-state index in [4.69, 9.17) is 0 Å². The van der Waals surface area contributed by atoms with Crippen molar-refractivity contribution in [1.82, 2.24) is 5.32 Å². The molecule has 0 atom stereocenters. The van der Waals surface area contributed by atoms with Crippen molar-refractivity contribution >= 4 is 11.8 Å². The van der Waals surface area contributed by atoms with E-state index < -0.39 is 5.76 Å². The highest BCUT2D eigenvalue weighted by atomic mass is 32.2. The molecule has 0 aliphatic heterocycles. The fraction of sp³-hybridized carbons (Fsp3) is 0.250. The predicted octanol–water partition coefficient (Wildman–Crippen LogP) is 4.92. The summed E-state index contributed by atoms with van der Waals surface area (Å²) in [5.74, 6) is -2.71. The van der Waals surface area contributed by atoms with Crippen LogP contribution in [0.15, 0.2) is 47.4 Å². The Labute approximate surface area is 126 Å². The molecule has 0 radical (unpaired) electrons. The second-order valence-electron chi connectivity index (χ2n) is 4.48. The van der Waals surface area contributed by atoms with E-state index in [1.165, 1.54) is 12.1 Å². The topological polar surface area (TPSA) is 12.0 Å². The van der Waals surface area contributed by atoms with Crippen molar-refractivity contribution in [2.75, 3.05) is 6.54 Å². The maximum atomic E-state index is 13.4. The summed E-state index contributed by atoms with van der Waals surface area (Å²) in [5, 5.41) is 3.17. The van der Waals surface area contributed by atoms with Crippen molar-refractivity contribution in [2.24, 2.45) is 0 Å². The molecule has 1 nitrogen and oxygen atoms in total. The molecule has 0 aliphatic carbocycles. The van der Waals surface area contributed by atoms with E-state index in [0.717, 1.165) is 23.2 Å². The summed E-state index contributed by atoms with van der Waals surface area (Å²) in [4.78, 5) is 0.518. The lowest BCUT2D eigenvalue weighted by Gasteiger charge is -2.11. The van der Waals surface area contributed by atoms with Crippen LogP contribution in [0.25, 0.3) is 11.1 Å². The first-order valence-corrected chi connectivity index (χ1v) is 7.52. The first-order valence-electron chi connectivity index (χ1n) is 6.64. The highest BCUT2D eigenvalue weighted by Crippen LogP contribution is 2.29. The van der Waals surface area contributed by atoms with E-state index in [1.54, 1.807) is 30.3 Å². The molecule has 0 saturated heterocycles. The Kier molecular flexibility index (Phi) is 5.70. The molecule has 0 aliphatic rings. The van der Waals surface area contributed by atoms with Gasteiger partial charge in [-0.05, 0) is 47.5 Å². The first kappa shape index (κ1) is 15.9. The lowest BCUT2D eigenvalue weighted by Crippen LogP contribution is -2.12. The van der Waals surface area contributed by atoms with Crippen LogP contribution in [0.5, 0.6) is 0 Å². The van der Waals surface area contributed by atoms with Crippen molar-refractivity contribution in [1.29, 1.82) is 0 Å². The third-order valence-electron chi connectivity index (χ3n) is 3.02. The molecule has 0 spiro atoms. The van der Waals surface area contributed by atoms with Crippen LogP contribution in [0.3, 0.4) is 0 Å². The van der Waals surface area contributed by atoms with Gasteiger partial charge in [0, 0.05) is 11.4 Å². The lowest BCUT2D eigenvalue weighted by molar-refractivity contribution is 0.252. The van der Waals surface area contributed by atoms with Gasteiger partial charge >= 0.3 is 0 Å². The lowest BCUT2D eigenvalue weighted by atomic mass is 9.99. The smallest absolute Gasteiger partial charge is 0.288 e. The minimum atomic E-state index is -2.43. The van der Waals surface area contributed by atoms with Crippen molar-refractivity contribution in [2.45, 2.75) is 24.1 Å². The van der Waals surface area contributed by atoms with Crippen molar-refractivity contribution < 1.29 is 13.2 Å². The van der Waals surface area contributed by atoms with Gasteiger partial charge < -0.3 is 5.32 Å². The molecule has 112 valence electrons. The van der Waals surface area contributed by atoms with Gasteiger partial charge in [0.1, 0.15) is 5.82 Å². The molecule has 2 aromatic carbocycles. The van der Waals surface area contributed by atoms with Crippen LogP contribution in [-0.2, 0) is 6.54 Å². The highest BCUT2D eigenvalue weighted by Gasteiger charge is 2.08. The zero-order valence-corrected chi connectivity index (χ0v) is 12.4. The number of hydrogen-bond acceptors (Lipinski definition) is 2. The van der Waals surface area contributed by atoms with E-state index >= 15 is 0 Å². The van der Waals surface area contributed by atoms with Crippen molar-refractivity contribution in [3.05, 3.63) is 53.8 Å². The quantitative estimate of drug-likeness (QED) is 0.760. The van der Waals surface area contributed by atoms with E-state index in [2.05, 4.69) is 5.32 Å². The summed E-state index contributed by atoms with van der Waals surface area (Å²) in [6.45, 7) is 3.34. The van der Waals surface area contributed by atoms with Gasteiger partial charge in [-0.3, -0.25) is 0 Å². The van der Waals surface area contributed by atoms with Gasteiger partial charge in [0.2, 0.25) is 0 Å². The van der Waals surface area contributed by atoms with Crippen molar-refractivity contribution in [3.63, 3.8) is 0 Å². The normalized spacial score (nSPS) is 11.1. The molecule has 2 rings (SSSR count). The summed E-state index contributed by atoms with van der Waals surface area (Å²) < 4.78 is 38.0. The molecule has 0 heterocycles. The van der Waals surface area contributed by atoms with Gasteiger partial charge in [-0.15, -0.1) is 0 Å². The van der Waals surface area contributed by atoms with Gasteiger partial charge in [0.25, 0.3) is 5.76 Å². The number of nitrogens with one attached hydrogen (secondary N) is 1. The molecule has 0 aromatic heterocycles. The minimum absolute atomic E-state index is 0.281. The minimum Gasteiger partial charge on any atom is -0.313 e. The monoisotopic (exact) mass is 311 g/mol. The van der Waals surface area contributed by atoms with E-state index in [1.807, 2.05) is 6.92 Å². The number of hydrogen-bond donors (Lipinski definition) is 1. The Bertz CT molecular complexity index is 585. The second kappa shape index (κ2) is 7.52. The number of alkyl halides is 2. The average Bonchev–Trinajstić information content (AvgIpc) is 2.46. The van der Waals surface area contributed by atoms with Crippen LogP contribution in [0.2, 0.25) is 0 Å². The molecular weight excluding hydrogens is 295 g/mol. The second-order valence-corrected chi connectivity index (χ2v) is 5.55. The summed E-state index contributed by atoms with van der Waals surface area (Å²) in [7, 11) is 0. The molecule has 21 heavy (non-hydrogen) atoms. The molecular formula is C16H16F3NS. The van der Waals surface area contributed by atoms with Crippen LogP contribution < -0.4 is 5.32 Å².